The Labute approximate surface area is 204 Å². The molecule has 0 fully saturated rings. The van der Waals surface area contributed by atoms with E-state index in [1.807, 2.05) is 43.3 Å². The minimum atomic E-state index is -2.01. The maximum absolute atomic E-state index is 7.30. The fraction of sp³-hybridized carbons (Fsp3) is 0.481. The number of ether oxygens (including phenoxy) is 1. The van der Waals surface area contributed by atoms with Crippen molar-refractivity contribution in [3.05, 3.63) is 70.7 Å². The molecule has 2 aliphatic heterocycles. The number of hydrogen-bond acceptors (Lipinski definition) is 6. The third-order valence-electron chi connectivity index (χ3n) is 7.32. The second-order valence-electron chi connectivity index (χ2n) is 10.7. The van der Waals surface area contributed by atoms with Gasteiger partial charge in [-0.2, -0.15) is 0 Å². The van der Waals surface area contributed by atoms with E-state index in [-0.39, 0.29) is 17.1 Å². The average Bonchev–Trinajstić information content (AvgIpc) is 3.23. The summed E-state index contributed by atoms with van der Waals surface area (Å²) < 4.78 is 12.4. The lowest BCUT2D eigenvalue weighted by molar-refractivity contribution is 0.131. The smallest absolute Gasteiger partial charge is 0.192 e. The Morgan fingerprint density at radius 1 is 1.09 bits per heavy atom. The molecule has 6 nitrogen and oxygen atoms in total. The molecule has 2 aliphatic rings. The lowest BCUT2D eigenvalue weighted by atomic mass is 9.81. The van der Waals surface area contributed by atoms with Gasteiger partial charge < -0.3 is 20.2 Å². The van der Waals surface area contributed by atoms with Gasteiger partial charge in [0.2, 0.25) is 0 Å². The van der Waals surface area contributed by atoms with Gasteiger partial charge in [-0.05, 0) is 36.7 Å². The zero-order chi connectivity index (χ0) is 24.6. The maximum atomic E-state index is 7.30. The van der Waals surface area contributed by atoms with Crippen LogP contribution in [0.25, 0.3) is 5.70 Å². The average molecular weight is 479 g/mol. The summed E-state index contributed by atoms with van der Waals surface area (Å²) in [6.45, 7) is 14.9. The van der Waals surface area contributed by atoms with Gasteiger partial charge in [0.05, 0.1) is 23.6 Å². The number of nitrogens with zero attached hydrogens (tertiary/aromatic N) is 2. The van der Waals surface area contributed by atoms with Crippen molar-refractivity contribution < 1.29 is 9.16 Å². The summed E-state index contributed by atoms with van der Waals surface area (Å²) >= 11 is 0. The first-order valence-electron chi connectivity index (χ1n) is 12.2. The number of fused-ring (bicyclic) bond motifs is 2. The molecule has 2 aromatic rings. The first kappa shape index (κ1) is 24.8. The Morgan fingerprint density at radius 3 is 2.44 bits per heavy atom. The molecule has 0 spiro atoms. The largest absolute Gasteiger partial charge is 0.416 e. The number of nitrogens with one attached hydrogen (secondary N) is 1. The highest BCUT2D eigenvalue weighted by atomic mass is 28.4. The van der Waals surface area contributed by atoms with Crippen LogP contribution < -0.4 is 21.6 Å². The summed E-state index contributed by atoms with van der Waals surface area (Å²) in [5.41, 5.74) is 9.06. The second-order valence-corrected chi connectivity index (χ2v) is 15.5. The van der Waals surface area contributed by atoms with Crippen molar-refractivity contribution in [2.24, 2.45) is 15.7 Å². The van der Waals surface area contributed by atoms with E-state index in [0.29, 0.717) is 19.8 Å². The monoisotopic (exact) mass is 478 g/mol. The van der Waals surface area contributed by atoms with Crippen LogP contribution in [0.15, 0.2) is 64.6 Å². The van der Waals surface area contributed by atoms with Gasteiger partial charge in [-0.25, -0.2) is 0 Å². The van der Waals surface area contributed by atoms with Gasteiger partial charge in [0.25, 0.3) is 0 Å². The molecule has 2 heterocycles. The Bertz CT molecular complexity index is 1170. The molecule has 34 heavy (non-hydrogen) atoms. The van der Waals surface area contributed by atoms with Gasteiger partial charge in [0, 0.05) is 18.4 Å². The van der Waals surface area contributed by atoms with E-state index in [9.17, 15) is 0 Å². The molecule has 0 saturated heterocycles. The van der Waals surface area contributed by atoms with Crippen LogP contribution >= 0.6 is 0 Å². The molecule has 0 aliphatic carbocycles. The number of para-hydroxylation sites is 1. The van der Waals surface area contributed by atoms with E-state index >= 15 is 0 Å². The molecule has 3 N–H and O–H groups in total. The quantitative estimate of drug-likeness (QED) is 0.571. The minimum Gasteiger partial charge on any atom is -0.416 e. The van der Waals surface area contributed by atoms with Gasteiger partial charge in [0.1, 0.15) is 11.9 Å². The molecular formula is C27H38N4O2Si. The van der Waals surface area contributed by atoms with Crippen molar-refractivity contribution >= 4 is 19.7 Å². The summed E-state index contributed by atoms with van der Waals surface area (Å²) in [7, 11) is -2.01. The van der Waals surface area contributed by atoms with Crippen molar-refractivity contribution in [1.29, 1.82) is 0 Å². The molecule has 3 atom stereocenters. The first-order chi connectivity index (χ1) is 16.1. The first-order valence-corrected chi connectivity index (χ1v) is 15.1. The van der Waals surface area contributed by atoms with E-state index < -0.39 is 14.0 Å². The Hall–Kier alpha value is -2.32. The minimum absolute atomic E-state index is 0.0958. The van der Waals surface area contributed by atoms with Gasteiger partial charge >= 0.3 is 0 Å². The second kappa shape index (κ2) is 9.38. The molecule has 0 bridgehead atoms. The molecule has 182 valence electrons. The van der Waals surface area contributed by atoms with E-state index in [0.717, 1.165) is 27.5 Å². The van der Waals surface area contributed by atoms with Gasteiger partial charge in [-0.15, -0.1) is 0 Å². The predicted octanol–water partition coefficient (Wildman–Crippen LogP) is 3.30. The van der Waals surface area contributed by atoms with Crippen LogP contribution in [0.3, 0.4) is 0 Å². The number of hydrogen-bond donors (Lipinski definition) is 2. The van der Waals surface area contributed by atoms with Gasteiger partial charge in [-0.1, -0.05) is 69.3 Å². The third-order valence-corrected chi connectivity index (χ3v) is 11.8. The molecule has 0 radical (unpaired) electrons. The van der Waals surface area contributed by atoms with Crippen molar-refractivity contribution in [2.45, 2.75) is 63.6 Å². The molecule has 2 aromatic carbocycles. The molecule has 4 rings (SSSR count). The number of rotatable bonds is 8. The fourth-order valence-electron chi connectivity index (χ4n) is 4.25. The highest BCUT2D eigenvalue weighted by Gasteiger charge is 2.48. The molecule has 0 saturated carbocycles. The number of benzene rings is 2. The van der Waals surface area contributed by atoms with Crippen LogP contribution in [0, 0.1) is 0 Å². The van der Waals surface area contributed by atoms with Crippen LogP contribution in [-0.4, -0.2) is 45.7 Å². The van der Waals surface area contributed by atoms with Crippen molar-refractivity contribution in [3.63, 3.8) is 0 Å². The molecular weight excluding hydrogens is 440 g/mol. The summed E-state index contributed by atoms with van der Waals surface area (Å²) in [6.07, 6.45) is -0.188. The van der Waals surface area contributed by atoms with Crippen LogP contribution in [0.5, 0.6) is 0 Å². The molecule has 0 aromatic heterocycles. The predicted molar refractivity (Wildman–Crippen MR) is 141 cm³/mol. The zero-order valence-electron chi connectivity index (χ0n) is 21.3. The Balaban J connectivity index is 1.83. The zero-order valence-corrected chi connectivity index (χ0v) is 22.3. The normalized spacial score (nSPS) is 22.9. The number of aliphatic imine (C=N–C) groups is 1. The summed E-state index contributed by atoms with van der Waals surface area (Å²) in [4.78, 5) is 10.2. The summed E-state index contributed by atoms with van der Waals surface area (Å²) in [6, 6.07) is 18.5. The summed E-state index contributed by atoms with van der Waals surface area (Å²) in [5.74, 6) is -0.197. The van der Waals surface area contributed by atoms with Crippen molar-refractivity contribution in [2.75, 3.05) is 19.8 Å². The molecule has 0 amide bonds. The van der Waals surface area contributed by atoms with Gasteiger partial charge in [0.15, 0.2) is 14.0 Å². The van der Waals surface area contributed by atoms with E-state index in [2.05, 4.69) is 57.4 Å². The third kappa shape index (κ3) is 4.62. The lowest BCUT2D eigenvalue weighted by Gasteiger charge is -2.41. The molecule has 3 unspecified atom stereocenters. The lowest BCUT2D eigenvalue weighted by Crippen LogP contribution is -2.59. The van der Waals surface area contributed by atoms with Gasteiger partial charge in [-0.3, -0.25) is 9.98 Å². The van der Waals surface area contributed by atoms with Crippen molar-refractivity contribution in [3.8, 4) is 0 Å². The van der Waals surface area contributed by atoms with Crippen LogP contribution in [0.1, 0.15) is 39.2 Å². The molecule has 7 heteroatoms. The Morgan fingerprint density at radius 2 is 1.76 bits per heavy atom. The van der Waals surface area contributed by atoms with Crippen LogP contribution in [-0.2, 0) is 9.16 Å². The standard InChI is InChI=1S/C27H38N4O2Si/c1-7-32-18-23-29-24-20-15-11-12-16-22(20)31-27(28,25(24)30-23)21(19-13-9-8-10-14-19)17-33-34(5,6)26(2,3)4/h8-16,21,23,29H,7,17-18,28H2,1-6H3. The summed E-state index contributed by atoms with van der Waals surface area (Å²) in [5, 5.41) is 5.55. The fourth-order valence-corrected chi connectivity index (χ4v) is 5.27. The highest BCUT2D eigenvalue weighted by molar-refractivity contribution is 6.74. The number of nitrogens with two attached hydrogens (primary N) is 1. The topological polar surface area (TPSA) is 81.2 Å². The maximum Gasteiger partial charge on any atom is 0.192 e. The Kier molecular flexibility index (Phi) is 6.84. The SMILES string of the molecule is CCOCC1N=C2C(=c3ccccc3=NC2(N)C(CO[Si](C)(C)C(C)(C)C)c2ccccc2)N1. The van der Waals surface area contributed by atoms with E-state index in [1.165, 1.54) is 0 Å². The van der Waals surface area contributed by atoms with Crippen LogP contribution in [0.4, 0.5) is 0 Å². The van der Waals surface area contributed by atoms with Crippen LogP contribution in [0.2, 0.25) is 18.1 Å². The van der Waals surface area contributed by atoms with E-state index in [4.69, 9.17) is 24.9 Å². The van der Waals surface area contributed by atoms with E-state index in [1.54, 1.807) is 0 Å². The van der Waals surface area contributed by atoms with Crippen molar-refractivity contribution in [1.82, 2.24) is 5.32 Å². The highest BCUT2D eigenvalue weighted by Crippen LogP contribution is 2.40.